The maximum absolute atomic E-state index is 10.7. The summed E-state index contributed by atoms with van der Waals surface area (Å²) in [6.07, 6.45) is 0.520. The molecule has 0 spiro atoms. The fraction of sp³-hybridized carbons (Fsp3) is 0.909. The molecule has 9 heteroatoms. The molecule has 0 saturated heterocycles. The van der Waals surface area contributed by atoms with Crippen molar-refractivity contribution in [2.75, 3.05) is 53.4 Å². The summed E-state index contributed by atoms with van der Waals surface area (Å²) in [6, 6.07) is 0. The molecule has 0 fully saturated rings. The number of hydrogen-bond donors (Lipinski definition) is 2. The van der Waals surface area contributed by atoms with Gasteiger partial charge < -0.3 is 15.1 Å². The van der Waals surface area contributed by atoms with Crippen LogP contribution >= 0.6 is 0 Å². The van der Waals surface area contributed by atoms with E-state index in [4.69, 9.17) is 4.55 Å². The molecule has 0 aliphatic heterocycles. The number of amides is 1. The lowest BCUT2D eigenvalue weighted by molar-refractivity contribution is -0.119. The van der Waals surface area contributed by atoms with Gasteiger partial charge in [0.1, 0.15) is 0 Å². The quantitative estimate of drug-likeness (QED) is 0.380. The van der Waals surface area contributed by atoms with Gasteiger partial charge in [-0.15, -0.1) is 0 Å². The second-order valence-electron chi connectivity index (χ2n) is 4.69. The van der Waals surface area contributed by atoms with Crippen LogP contribution in [0.5, 0.6) is 0 Å². The molecule has 0 saturated carbocycles. The SMILES string of the molecule is CC(=O)NCCN(C)CCN(C)CCCOS(=O)(=O)O. The van der Waals surface area contributed by atoms with Crippen LogP contribution in [0.3, 0.4) is 0 Å². The summed E-state index contributed by atoms with van der Waals surface area (Å²) in [5.41, 5.74) is 0. The average molecular weight is 311 g/mol. The Bertz CT molecular complexity index is 374. The Morgan fingerprint density at radius 3 is 2.20 bits per heavy atom. The highest BCUT2D eigenvalue weighted by molar-refractivity contribution is 7.80. The molecule has 20 heavy (non-hydrogen) atoms. The summed E-state index contributed by atoms with van der Waals surface area (Å²) in [5.74, 6) is -0.0330. The average Bonchev–Trinajstić information content (AvgIpc) is 2.30. The van der Waals surface area contributed by atoms with Gasteiger partial charge in [-0.1, -0.05) is 0 Å². The molecule has 1 amide bonds. The minimum Gasteiger partial charge on any atom is -0.355 e. The summed E-state index contributed by atoms with van der Waals surface area (Å²) >= 11 is 0. The molecule has 8 nitrogen and oxygen atoms in total. The van der Waals surface area contributed by atoms with Crippen molar-refractivity contribution in [3.63, 3.8) is 0 Å². The van der Waals surface area contributed by atoms with Gasteiger partial charge in [0.05, 0.1) is 6.61 Å². The van der Waals surface area contributed by atoms with Gasteiger partial charge in [0.25, 0.3) is 0 Å². The highest BCUT2D eigenvalue weighted by atomic mass is 32.3. The fourth-order valence-corrected chi connectivity index (χ4v) is 1.81. The summed E-state index contributed by atoms with van der Waals surface area (Å²) in [4.78, 5) is 14.8. The molecule has 120 valence electrons. The number of nitrogens with zero attached hydrogens (tertiary/aromatic N) is 2. The van der Waals surface area contributed by atoms with Gasteiger partial charge in [-0.3, -0.25) is 9.35 Å². The first-order valence-electron chi connectivity index (χ1n) is 6.44. The molecule has 0 heterocycles. The van der Waals surface area contributed by atoms with E-state index in [9.17, 15) is 13.2 Å². The zero-order valence-corrected chi connectivity index (χ0v) is 13.1. The number of carbonyl (C=O) groups is 1. The molecular weight excluding hydrogens is 286 g/mol. The normalized spacial score (nSPS) is 12.1. The second-order valence-corrected chi connectivity index (χ2v) is 5.78. The van der Waals surface area contributed by atoms with E-state index in [2.05, 4.69) is 14.4 Å². The maximum atomic E-state index is 10.7. The maximum Gasteiger partial charge on any atom is 0.397 e. The molecule has 0 aromatic heterocycles. The lowest BCUT2D eigenvalue weighted by atomic mass is 10.4. The van der Waals surface area contributed by atoms with Crippen LogP contribution in [-0.4, -0.2) is 82.1 Å². The van der Waals surface area contributed by atoms with Crippen LogP contribution in [0.15, 0.2) is 0 Å². The van der Waals surface area contributed by atoms with Gasteiger partial charge in [0, 0.05) is 39.6 Å². The molecular formula is C11H25N3O5S. The molecule has 0 radical (unpaired) electrons. The van der Waals surface area contributed by atoms with E-state index in [1.165, 1.54) is 6.92 Å². The van der Waals surface area contributed by atoms with Gasteiger partial charge in [0.15, 0.2) is 0 Å². The third kappa shape index (κ3) is 13.7. The third-order valence-corrected chi connectivity index (χ3v) is 3.11. The van der Waals surface area contributed by atoms with Gasteiger partial charge in [0.2, 0.25) is 5.91 Å². The Labute approximate surface area is 121 Å². The van der Waals surface area contributed by atoms with E-state index in [1.54, 1.807) is 0 Å². The first kappa shape index (κ1) is 19.3. The van der Waals surface area contributed by atoms with Crippen LogP contribution in [0.2, 0.25) is 0 Å². The number of rotatable bonds is 11. The van der Waals surface area contributed by atoms with Crippen LogP contribution in [0, 0.1) is 0 Å². The smallest absolute Gasteiger partial charge is 0.355 e. The van der Waals surface area contributed by atoms with E-state index in [-0.39, 0.29) is 12.5 Å². The molecule has 0 aliphatic carbocycles. The third-order valence-electron chi connectivity index (χ3n) is 2.65. The van der Waals surface area contributed by atoms with Gasteiger partial charge in [-0.25, -0.2) is 4.18 Å². The van der Waals surface area contributed by atoms with Crippen molar-refractivity contribution in [3.05, 3.63) is 0 Å². The molecule has 0 rings (SSSR count). The Balaban J connectivity index is 3.56. The summed E-state index contributed by atoms with van der Waals surface area (Å²) in [5, 5.41) is 2.73. The predicted octanol–water partition coefficient (Wildman–Crippen LogP) is -0.804. The van der Waals surface area contributed by atoms with E-state index in [0.717, 1.165) is 19.6 Å². The van der Waals surface area contributed by atoms with Crippen LogP contribution in [0.25, 0.3) is 0 Å². The first-order chi connectivity index (χ1) is 9.20. The summed E-state index contributed by atoms with van der Waals surface area (Å²) in [6.45, 7) is 5.20. The summed E-state index contributed by atoms with van der Waals surface area (Å²) in [7, 11) is -0.431. The molecule has 0 bridgehead atoms. The van der Waals surface area contributed by atoms with Crippen LogP contribution in [-0.2, 0) is 19.4 Å². The van der Waals surface area contributed by atoms with E-state index >= 15 is 0 Å². The lowest BCUT2D eigenvalue weighted by Gasteiger charge is -2.21. The first-order valence-corrected chi connectivity index (χ1v) is 7.80. The van der Waals surface area contributed by atoms with E-state index in [0.29, 0.717) is 19.5 Å². The van der Waals surface area contributed by atoms with E-state index in [1.807, 2.05) is 19.0 Å². The Morgan fingerprint density at radius 2 is 1.70 bits per heavy atom. The number of carbonyl (C=O) groups excluding carboxylic acids is 1. The van der Waals surface area contributed by atoms with Crippen LogP contribution < -0.4 is 5.32 Å². The molecule has 0 aliphatic rings. The number of hydrogen-bond acceptors (Lipinski definition) is 6. The van der Waals surface area contributed by atoms with Crippen molar-refractivity contribution < 1.29 is 21.9 Å². The second kappa shape index (κ2) is 10.1. The fourth-order valence-electron chi connectivity index (χ4n) is 1.49. The largest absolute Gasteiger partial charge is 0.397 e. The van der Waals surface area contributed by atoms with Crippen molar-refractivity contribution in [2.45, 2.75) is 13.3 Å². The topological polar surface area (TPSA) is 99.2 Å². The van der Waals surface area contributed by atoms with Crippen molar-refractivity contribution in [1.82, 2.24) is 15.1 Å². The molecule has 2 N–H and O–H groups in total. The molecule has 0 aromatic rings. The van der Waals surface area contributed by atoms with Gasteiger partial charge in [-0.2, -0.15) is 8.42 Å². The minimum atomic E-state index is -4.33. The molecule has 0 aromatic carbocycles. The molecule has 0 unspecified atom stereocenters. The number of likely N-dealkylation sites (N-methyl/N-ethyl adjacent to an activating group) is 2. The Morgan fingerprint density at radius 1 is 1.15 bits per heavy atom. The minimum absolute atomic E-state index is 0.0262. The summed E-state index contributed by atoms with van der Waals surface area (Å²) < 4.78 is 33.3. The highest BCUT2D eigenvalue weighted by Gasteiger charge is 2.05. The van der Waals surface area contributed by atoms with Crippen LogP contribution in [0.1, 0.15) is 13.3 Å². The lowest BCUT2D eigenvalue weighted by Crippen LogP contribution is -2.36. The van der Waals surface area contributed by atoms with Crippen LogP contribution in [0.4, 0.5) is 0 Å². The van der Waals surface area contributed by atoms with Gasteiger partial charge >= 0.3 is 10.4 Å². The van der Waals surface area contributed by atoms with E-state index < -0.39 is 10.4 Å². The Hall–Kier alpha value is -0.740. The van der Waals surface area contributed by atoms with Crippen molar-refractivity contribution in [2.24, 2.45) is 0 Å². The zero-order valence-electron chi connectivity index (χ0n) is 12.3. The van der Waals surface area contributed by atoms with Crippen molar-refractivity contribution >= 4 is 16.3 Å². The van der Waals surface area contributed by atoms with Crippen molar-refractivity contribution in [3.8, 4) is 0 Å². The predicted molar refractivity (Wildman–Crippen MR) is 75.8 cm³/mol. The highest BCUT2D eigenvalue weighted by Crippen LogP contribution is 1.93. The number of nitrogens with one attached hydrogen (secondary N) is 1. The van der Waals surface area contributed by atoms with Gasteiger partial charge in [-0.05, 0) is 20.5 Å². The monoisotopic (exact) mass is 311 g/mol. The Kier molecular flexibility index (Phi) is 9.68. The zero-order chi connectivity index (χ0) is 15.6. The molecule has 0 atom stereocenters. The standard InChI is InChI=1S/C11H25N3O5S/c1-11(15)12-5-7-14(3)9-8-13(2)6-4-10-19-20(16,17)18/h4-10H2,1-3H3,(H,12,15)(H,16,17,18). The van der Waals surface area contributed by atoms with Crippen molar-refractivity contribution in [1.29, 1.82) is 0 Å².